The van der Waals surface area contributed by atoms with Gasteiger partial charge in [0, 0.05) is 12.6 Å². The average molecular weight is 285 g/mol. The van der Waals surface area contributed by atoms with E-state index in [-0.39, 0.29) is 0 Å². The lowest BCUT2D eigenvalue weighted by atomic mass is 9.94. The second-order valence-corrected chi connectivity index (χ2v) is 4.64. The van der Waals surface area contributed by atoms with E-state index in [1.807, 2.05) is 0 Å². The largest absolute Gasteiger partial charge is 0.481 e. The Morgan fingerprint density at radius 1 is 1.39 bits per heavy atom. The van der Waals surface area contributed by atoms with E-state index in [1.165, 1.54) is 6.33 Å². The van der Waals surface area contributed by atoms with E-state index in [1.54, 1.807) is 24.4 Å². The molecule has 6 heteroatoms. The van der Waals surface area contributed by atoms with Gasteiger partial charge in [-0.15, -0.1) is 0 Å². The number of benzene rings is 1. The van der Waals surface area contributed by atoms with Crippen LogP contribution < -0.4 is 0 Å². The Kier molecular flexibility index (Phi) is 3.89. The molecule has 94 valence electrons. The van der Waals surface area contributed by atoms with Crippen molar-refractivity contribution in [1.29, 1.82) is 0 Å². The molecule has 0 radical (unpaired) electrons. The van der Waals surface area contributed by atoms with Crippen LogP contribution in [0.4, 0.5) is 0 Å². The minimum absolute atomic E-state index is 0.302. The van der Waals surface area contributed by atoms with Gasteiger partial charge in [-0.25, -0.2) is 4.98 Å². The zero-order chi connectivity index (χ0) is 13.1. The number of aromatic nitrogens is 2. The topological polar surface area (TPSA) is 66.0 Å². The highest BCUT2D eigenvalue weighted by atomic mass is 35.5. The normalized spacial score (nSPS) is 12.3. The van der Waals surface area contributed by atoms with Crippen molar-refractivity contribution < 1.29 is 9.90 Å². The third kappa shape index (κ3) is 2.83. The highest BCUT2D eigenvalue weighted by Crippen LogP contribution is 2.28. The Morgan fingerprint density at radius 2 is 2.17 bits per heavy atom. The van der Waals surface area contributed by atoms with Crippen LogP contribution in [0.2, 0.25) is 10.0 Å². The lowest BCUT2D eigenvalue weighted by Crippen LogP contribution is -2.14. The second-order valence-electron chi connectivity index (χ2n) is 3.83. The van der Waals surface area contributed by atoms with E-state index in [0.717, 1.165) is 0 Å². The first-order valence-electron chi connectivity index (χ1n) is 5.23. The predicted molar refractivity (Wildman–Crippen MR) is 69.1 cm³/mol. The van der Waals surface area contributed by atoms with Crippen molar-refractivity contribution in [3.63, 3.8) is 0 Å². The van der Waals surface area contributed by atoms with Gasteiger partial charge in [0.15, 0.2) is 0 Å². The number of nitrogens with zero attached hydrogens (tertiary/aromatic N) is 1. The summed E-state index contributed by atoms with van der Waals surface area (Å²) in [4.78, 5) is 18.1. The molecule has 0 bridgehead atoms. The molecule has 2 rings (SSSR count). The van der Waals surface area contributed by atoms with Gasteiger partial charge in [0.1, 0.15) is 0 Å². The van der Waals surface area contributed by atoms with Crippen molar-refractivity contribution in [3.05, 3.63) is 52.0 Å². The van der Waals surface area contributed by atoms with Gasteiger partial charge in [-0.2, -0.15) is 0 Å². The van der Waals surface area contributed by atoms with Gasteiger partial charge in [-0.05, 0) is 17.7 Å². The van der Waals surface area contributed by atoms with Crippen molar-refractivity contribution in [2.24, 2.45) is 0 Å². The number of nitrogens with one attached hydrogen (secondary N) is 1. The van der Waals surface area contributed by atoms with Crippen LogP contribution in [0.1, 0.15) is 17.2 Å². The number of aliphatic carboxylic acids is 1. The minimum atomic E-state index is -0.920. The quantitative estimate of drug-likeness (QED) is 0.907. The summed E-state index contributed by atoms with van der Waals surface area (Å²) >= 11 is 11.7. The van der Waals surface area contributed by atoms with Crippen molar-refractivity contribution in [2.45, 2.75) is 12.3 Å². The van der Waals surface area contributed by atoms with Crippen LogP contribution >= 0.6 is 23.2 Å². The number of halogens is 2. The molecule has 1 heterocycles. The Morgan fingerprint density at radius 3 is 2.72 bits per heavy atom. The second kappa shape index (κ2) is 5.42. The number of aromatic amines is 1. The van der Waals surface area contributed by atoms with Crippen molar-refractivity contribution in [2.75, 3.05) is 0 Å². The van der Waals surface area contributed by atoms with Crippen LogP contribution in [0.5, 0.6) is 0 Å². The van der Waals surface area contributed by atoms with E-state index < -0.39 is 11.9 Å². The van der Waals surface area contributed by atoms with Crippen LogP contribution in [0.15, 0.2) is 30.7 Å². The number of hydrogen-bond acceptors (Lipinski definition) is 2. The summed E-state index contributed by atoms with van der Waals surface area (Å²) in [5.74, 6) is -1.61. The first kappa shape index (κ1) is 12.9. The standard InChI is InChI=1S/C12H10Cl2N2O2/c13-10-2-1-7(3-11(10)14)9(12(17)18)4-8-5-15-6-16-8/h1-3,5-6,9H,4H2,(H,15,16)(H,17,18). The molecule has 1 unspecified atom stereocenters. The Hall–Kier alpha value is -1.52. The molecular formula is C12H10Cl2N2O2. The molecule has 0 spiro atoms. The maximum absolute atomic E-state index is 11.3. The summed E-state index contributed by atoms with van der Waals surface area (Å²) in [5, 5.41) is 10.0. The summed E-state index contributed by atoms with van der Waals surface area (Å²) in [6.07, 6.45) is 3.49. The molecule has 0 fully saturated rings. The molecule has 0 aliphatic carbocycles. The lowest BCUT2D eigenvalue weighted by Gasteiger charge is -2.12. The Labute approximate surface area is 114 Å². The number of carboxylic acid groups (broad SMARTS) is 1. The average Bonchev–Trinajstić information content (AvgIpc) is 2.82. The third-order valence-electron chi connectivity index (χ3n) is 2.61. The molecule has 2 aromatic rings. The smallest absolute Gasteiger partial charge is 0.311 e. The number of H-pyrrole nitrogens is 1. The van der Waals surface area contributed by atoms with E-state index in [2.05, 4.69) is 9.97 Å². The van der Waals surface area contributed by atoms with E-state index in [0.29, 0.717) is 27.7 Å². The lowest BCUT2D eigenvalue weighted by molar-refractivity contribution is -0.138. The van der Waals surface area contributed by atoms with Gasteiger partial charge in [-0.1, -0.05) is 29.3 Å². The predicted octanol–water partition coefficient (Wildman–Crippen LogP) is 3.13. The number of rotatable bonds is 4. The molecule has 18 heavy (non-hydrogen) atoms. The highest BCUT2D eigenvalue weighted by molar-refractivity contribution is 6.42. The first-order valence-corrected chi connectivity index (χ1v) is 5.99. The number of hydrogen-bond donors (Lipinski definition) is 2. The molecular weight excluding hydrogens is 275 g/mol. The molecule has 2 N–H and O–H groups in total. The molecule has 0 saturated heterocycles. The Balaban J connectivity index is 2.29. The monoisotopic (exact) mass is 284 g/mol. The maximum atomic E-state index is 11.3. The molecule has 0 aliphatic rings. The fourth-order valence-electron chi connectivity index (χ4n) is 1.69. The number of carbonyl (C=O) groups is 1. The third-order valence-corrected chi connectivity index (χ3v) is 3.35. The van der Waals surface area contributed by atoms with Crippen LogP contribution in [-0.4, -0.2) is 21.0 Å². The van der Waals surface area contributed by atoms with Gasteiger partial charge < -0.3 is 10.1 Å². The van der Waals surface area contributed by atoms with Crippen molar-refractivity contribution >= 4 is 29.2 Å². The zero-order valence-corrected chi connectivity index (χ0v) is 10.7. The molecule has 0 amide bonds. The molecule has 1 atom stereocenters. The van der Waals surface area contributed by atoms with Crippen LogP contribution in [-0.2, 0) is 11.2 Å². The van der Waals surface area contributed by atoms with Crippen molar-refractivity contribution in [3.8, 4) is 0 Å². The van der Waals surface area contributed by atoms with Gasteiger partial charge in [0.05, 0.1) is 28.0 Å². The van der Waals surface area contributed by atoms with Crippen LogP contribution in [0.3, 0.4) is 0 Å². The summed E-state index contributed by atoms with van der Waals surface area (Å²) in [5.41, 5.74) is 1.30. The molecule has 0 saturated carbocycles. The minimum Gasteiger partial charge on any atom is -0.481 e. The van der Waals surface area contributed by atoms with E-state index in [9.17, 15) is 9.90 Å². The van der Waals surface area contributed by atoms with Gasteiger partial charge in [-0.3, -0.25) is 4.79 Å². The van der Waals surface area contributed by atoms with Gasteiger partial charge in [0.25, 0.3) is 0 Å². The summed E-state index contributed by atoms with van der Waals surface area (Å²) in [6.45, 7) is 0. The van der Waals surface area contributed by atoms with E-state index >= 15 is 0 Å². The van der Waals surface area contributed by atoms with E-state index in [4.69, 9.17) is 23.2 Å². The highest BCUT2D eigenvalue weighted by Gasteiger charge is 2.21. The fourth-order valence-corrected chi connectivity index (χ4v) is 2.00. The van der Waals surface area contributed by atoms with Crippen molar-refractivity contribution in [1.82, 2.24) is 9.97 Å². The van der Waals surface area contributed by atoms with Gasteiger partial charge in [0.2, 0.25) is 0 Å². The molecule has 1 aromatic carbocycles. The van der Waals surface area contributed by atoms with Crippen LogP contribution in [0, 0.1) is 0 Å². The maximum Gasteiger partial charge on any atom is 0.311 e. The Bertz CT molecular complexity index is 555. The molecule has 4 nitrogen and oxygen atoms in total. The summed E-state index contributed by atoms with van der Waals surface area (Å²) in [6, 6.07) is 4.84. The summed E-state index contributed by atoms with van der Waals surface area (Å²) < 4.78 is 0. The van der Waals surface area contributed by atoms with Gasteiger partial charge >= 0.3 is 5.97 Å². The fraction of sp³-hybridized carbons (Fsp3) is 0.167. The number of carboxylic acids is 1. The SMILES string of the molecule is O=C(O)C(Cc1c[nH]cn1)c1ccc(Cl)c(Cl)c1. The number of imidazole rings is 1. The molecule has 0 aliphatic heterocycles. The molecule has 1 aromatic heterocycles. The van der Waals surface area contributed by atoms with Crippen LogP contribution in [0.25, 0.3) is 0 Å². The first-order chi connectivity index (χ1) is 8.58. The zero-order valence-electron chi connectivity index (χ0n) is 9.23. The summed E-state index contributed by atoms with van der Waals surface area (Å²) in [7, 11) is 0.